The number of rotatable bonds is 5. The topological polar surface area (TPSA) is 87.8 Å². The van der Waals surface area contributed by atoms with Crippen LogP contribution in [0.15, 0.2) is 63.9 Å². The maximum absolute atomic E-state index is 13.6. The first-order valence-electron chi connectivity index (χ1n) is 9.16. The molecule has 0 aliphatic rings. The van der Waals surface area contributed by atoms with Crippen LogP contribution in [0.5, 0.6) is 0 Å². The normalized spacial score (nSPS) is 10.7. The van der Waals surface area contributed by atoms with E-state index in [1.165, 1.54) is 34.1 Å². The van der Waals surface area contributed by atoms with Crippen molar-refractivity contribution in [2.75, 3.05) is 11.1 Å². The van der Waals surface area contributed by atoms with Gasteiger partial charge in [-0.25, -0.2) is 9.37 Å². The fourth-order valence-corrected chi connectivity index (χ4v) is 4.63. The fourth-order valence-electron chi connectivity index (χ4n) is 3.06. The smallest absolute Gasteiger partial charge is 0.276 e. The van der Waals surface area contributed by atoms with E-state index in [1.807, 2.05) is 6.07 Å². The van der Waals surface area contributed by atoms with E-state index in [2.05, 4.69) is 10.3 Å². The Bertz CT molecular complexity index is 1400. The molecule has 1 amide bonds. The highest BCUT2D eigenvalue weighted by atomic mass is 32.2. The fraction of sp³-hybridized carbons (Fsp3) is 0.0909. The number of amides is 1. The third-order valence-electron chi connectivity index (χ3n) is 4.46. The molecule has 0 aliphatic heterocycles. The van der Waals surface area contributed by atoms with Crippen LogP contribution < -0.4 is 10.9 Å². The van der Waals surface area contributed by atoms with Crippen LogP contribution in [0.3, 0.4) is 0 Å². The van der Waals surface area contributed by atoms with Crippen LogP contribution in [-0.4, -0.2) is 21.2 Å². The van der Waals surface area contributed by atoms with Gasteiger partial charge in [-0.3, -0.25) is 14.2 Å². The average Bonchev–Trinajstić information content (AvgIpc) is 3.22. The summed E-state index contributed by atoms with van der Waals surface area (Å²) < 4.78 is 15.5. The summed E-state index contributed by atoms with van der Waals surface area (Å²) in [4.78, 5) is 30.2. The van der Waals surface area contributed by atoms with Gasteiger partial charge in [0.2, 0.25) is 5.91 Å². The van der Waals surface area contributed by atoms with Crippen molar-refractivity contribution in [3.63, 3.8) is 0 Å². The van der Waals surface area contributed by atoms with Gasteiger partial charge in [-0.15, -0.1) is 11.3 Å². The third kappa shape index (κ3) is 4.35. The quantitative estimate of drug-likeness (QED) is 0.357. The number of halogens is 1. The molecule has 2 heterocycles. The monoisotopic (exact) mass is 450 g/mol. The second kappa shape index (κ2) is 8.71. The van der Waals surface area contributed by atoms with Crippen molar-refractivity contribution < 1.29 is 9.18 Å². The van der Waals surface area contributed by atoms with E-state index in [4.69, 9.17) is 5.26 Å². The summed E-state index contributed by atoms with van der Waals surface area (Å²) in [5.74, 6) is -0.700. The number of nitriles is 1. The number of nitrogens with one attached hydrogen (secondary N) is 1. The van der Waals surface area contributed by atoms with Crippen molar-refractivity contribution >= 4 is 44.9 Å². The first kappa shape index (κ1) is 20.8. The molecular weight excluding hydrogens is 435 g/mol. The first-order valence-corrected chi connectivity index (χ1v) is 11.0. The molecule has 1 N–H and O–H groups in total. The van der Waals surface area contributed by atoms with Crippen LogP contribution in [0.2, 0.25) is 0 Å². The number of aromatic nitrogens is 2. The maximum atomic E-state index is 13.6. The van der Waals surface area contributed by atoms with Gasteiger partial charge in [0.25, 0.3) is 5.56 Å². The van der Waals surface area contributed by atoms with Gasteiger partial charge in [0, 0.05) is 5.69 Å². The van der Waals surface area contributed by atoms with E-state index in [-0.39, 0.29) is 17.2 Å². The van der Waals surface area contributed by atoms with Crippen molar-refractivity contribution in [2.45, 2.75) is 12.1 Å². The lowest BCUT2D eigenvalue weighted by Crippen LogP contribution is -2.23. The third-order valence-corrected chi connectivity index (χ3v) is 6.29. The number of fused-ring (bicyclic) bond motifs is 1. The summed E-state index contributed by atoms with van der Waals surface area (Å²) in [6.45, 7) is 1.72. The molecule has 9 heteroatoms. The highest BCUT2D eigenvalue weighted by Gasteiger charge is 2.17. The summed E-state index contributed by atoms with van der Waals surface area (Å²) >= 11 is 2.40. The Balaban J connectivity index is 1.66. The molecule has 0 unspecified atom stereocenters. The minimum atomic E-state index is -0.396. The average molecular weight is 451 g/mol. The van der Waals surface area contributed by atoms with Crippen LogP contribution in [0.25, 0.3) is 15.9 Å². The molecule has 31 heavy (non-hydrogen) atoms. The van der Waals surface area contributed by atoms with Gasteiger partial charge in [-0.05, 0) is 60.3 Å². The number of hydrogen-bond donors (Lipinski definition) is 1. The van der Waals surface area contributed by atoms with E-state index >= 15 is 0 Å². The number of benzene rings is 2. The maximum Gasteiger partial charge on any atom is 0.276 e. The second-order valence-corrected chi connectivity index (χ2v) is 8.49. The first-order chi connectivity index (χ1) is 15.0. The molecule has 6 nitrogen and oxygen atoms in total. The Labute approximate surface area is 185 Å². The van der Waals surface area contributed by atoms with Gasteiger partial charge in [-0.2, -0.15) is 5.26 Å². The van der Waals surface area contributed by atoms with Crippen LogP contribution in [0.4, 0.5) is 10.1 Å². The molecule has 4 aromatic rings. The summed E-state index contributed by atoms with van der Waals surface area (Å²) in [7, 11) is 0. The van der Waals surface area contributed by atoms with E-state index in [0.717, 1.165) is 11.8 Å². The number of anilines is 1. The van der Waals surface area contributed by atoms with Crippen molar-refractivity contribution in [1.82, 2.24) is 9.55 Å². The number of thioether (sulfide) groups is 1. The zero-order valence-corrected chi connectivity index (χ0v) is 17.9. The van der Waals surface area contributed by atoms with Gasteiger partial charge in [0.1, 0.15) is 10.5 Å². The predicted molar refractivity (Wildman–Crippen MR) is 120 cm³/mol. The Morgan fingerprint density at radius 3 is 2.90 bits per heavy atom. The largest absolute Gasteiger partial charge is 0.325 e. The van der Waals surface area contributed by atoms with Gasteiger partial charge >= 0.3 is 0 Å². The van der Waals surface area contributed by atoms with Crippen LogP contribution >= 0.6 is 23.1 Å². The number of nitrogens with zero attached hydrogens (tertiary/aromatic N) is 3. The minimum absolute atomic E-state index is 0.000886. The standard InChI is InChI=1S/C22H15FN4O2S2/c1-13-9-15(23)5-6-18(13)27-21(29)20-17(7-8-30-20)26-22(27)31-12-19(28)25-16-4-2-3-14(10-16)11-24/h2-10H,12H2,1H3,(H,25,28). The molecule has 154 valence electrons. The van der Waals surface area contributed by atoms with Crippen molar-refractivity contribution in [3.8, 4) is 11.8 Å². The number of aryl methyl sites for hydroxylation is 1. The van der Waals surface area contributed by atoms with Crippen molar-refractivity contribution in [1.29, 1.82) is 5.26 Å². The van der Waals surface area contributed by atoms with Gasteiger partial charge < -0.3 is 5.32 Å². The van der Waals surface area contributed by atoms with E-state index < -0.39 is 5.82 Å². The molecule has 0 saturated heterocycles. The number of carbonyl (C=O) groups excluding carboxylic acids is 1. The Morgan fingerprint density at radius 2 is 2.13 bits per heavy atom. The molecule has 2 aromatic heterocycles. The molecule has 0 atom stereocenters. The Hall–Kier alpha value is -3.48. The summed E-state index contributed by atoms with van der Waals surface area (Å²) in [5, 5.41) is 13.9. The molecular formula is C22H15FN4O2S2. The second-order valence-electron chi connectivity index (χ2n) is 6.63. The van der Waals surface area contributed by atoms with Crippen molar-refractivity contribution in [3.05, 3.63) is 81.2 Å². The zero-order valence-electron chi connectivity index (χ0n) is 16.3. The SMILES string of the molecule is Cc1cc(F)ccc1-n1c(SCC(=O)Nc2cccc(C#N)c2)nc2ccsc2c1=O. The highest BCUT2D eigenvalue weighted by molar-refractivity contribution is 7.99. The molecule has 0 bridgehead atoms. The lowest BCUT2D eigenvalue weighted by Gasteiger charge is -2.14. The minimum Gasteiger partial charge on any atom is -0.325 e. The van der Waals surface area contributed by atoms with Gasteiger partial charge in [-0.1, -0.05) is 17.8 Å². The summed E-state index contributed by atoms with van der Waals surface area (Å²) in [6.07, 6.45) is 0. The lowest BCUT2D eigenvalue weighted by atomic mass is 10.2. The van der Waals surface area contributed by atoms with Crippen LogP contribution in [0.1, 0.15) is 11.1 Å². The molecule has 0 radical (unpaired) electrons. The molecule has 0 spiro atoms. The van der Waals surface area contributed by atoms with E-state index in [0.29, 0.717) is 37.9 Å². The van der Waals surface area contributed by atoms with Gasteiger partial charge in [0.15, 0.2) is 5.16 Å². The molecule has 0 aliphatic carbocycles. The van der Waals surface area contributed by atoms with Crippen LogP contribution in [-0.2, 0) is 4.79 Å². The number of carbonyl (C=O) groups is 1. The van der Waals surface area contributed by atoms with Crippen molar-refractivity contribution in [2.24, 2.45) is 0 Å². The van der Waals surface area contributed by atoms with Gasteiger partial charge in [0.05, 0.1) is 28.6 Å². The Morgan fingerprint density at radius 1 is 1.29 bits per heavy atom. The molecule has 0 saturated carbocycles. The van der Waals surface area contributed by atoms with Crippen LogP contribution in [0, 0.1) is 24.1 Å². The molecule has 2 aromatic carbocycles. The summed E-state index contributed by atoms with van der Waals surface area (Å²) in [6, 6.07) is 14.5. The Kier molecular flexibility index (Phi) is 5.84. The lowest BCUT2D eigenvalue weighted by molar-refractivity contribution is -0.113. The highest BCUT2D eigenvalue weighted by Crippen LogP contribution is 2.25. The summed E-state index contributed by atoms with van der Waals surface area (Å²) in [5.41, 5.74) is 2.33. The molecule has 0 fully saturated rings. The number of hydrogen-bond acceptors (Lipinski definition) is 6. The number of thiophene rings is 1. The van der Waals surface area contributed by atoms with E-state index in [1.54, 1.807) is 42.6 Å². The predicted octanol–water partition coefficient (Wildman–Crippen LogP) is 4.50. The molecule has 4 rings (SSSR count). The van der Waals surface area contributed by atoms with E-state index in [9.17, 15) is 14.0 Å². The zero-order chi connectivity index (χ0) is 22.0.